The fraction of sp³-hybridized carbons (Fsp3) is 0.583. The van der Waals surface area contributed by atoms with Gasteiger partial charge in [-0.2, -0.15) is 0 Å². The maximum atomic E-state index is 12.4. The van der Waals surface area contributed by atoms with Gasteiger partial charge in [-0.15, -0.1) is 0 Å². The molecule has 0 fully saturated rings. The highest BCUT2D eigenvalue weighted by molar-refractivity contribution is 5.76. The molecule has 0 aromatic heterocycles. The van der Waals surface area contributed by atoms with Crippen LogP contribution in [0.25, 0.3) is 0 Å². The summed E-state index contributed by atoms with van der Waals surface area (Å²) >= 11 is 0. The molecule has 0 radical (unpaired) electrons. The van der Waals surface area contributed by atoms with Crippen molar-refractivity contribution in [1.82, 2.24) is 5.32 Å². The predicted molar refractivity (Wildman–Crippen MR) is 285 cm³/mol. The second-order valence-electron chi connectivity index (χ2n) is 16.8. The highest BCUT2D eigenvalue weighted by Gasteiger charge is 2.17. The van der Waals surface area contributed by atoms with Gasteiger partial charge in [-0.3, -0.25) is 4.79 Å². The van der Waals surface area contributed by atoms with E-state index in [0.717, 1.165) is 116 Å². The number of hydrogen-bond donors (Lipinski definition) is 3. The first-order valence-electron chi connectivity index (χ1n) is 26.0. The monoisotopic (exact) mass is 880 g/mol. The third-order valence-corrected chi connectivity index (χ3v) is 10.8. The number of aliphatic hydroxyl groups is 2. The zero-order chi connectivity index (χ0) is 46.3. The number of carbonyl (C=O) groups is 1. The topological polar surface area (TPSA) is 69.6 Å². The molecule has 0 spiro atoms. The van der Waals surface area contributed by atoms with Crippen LogP contribution in [0.2, 0.25) is 0 Å². The summed E-state index contributed by atoms with van der Waals surface area (Å²) in [4.78, 5) is 12.4. The molecule has 0 aromatic rings. The summed E-state index contributed by atoms with van der Waals surface area (Å²) in [5.41, 5.74) is 0. The molecule has 64 heavy (non-hydrogen) atoms. The van der Waals surface area contributed by atoms with Crippen molar-refractivity contribution in [3.05, 3.63) is 146 Å². The Hall–Kier alpha value is -3.73. The van der Waals surface area contributed by atoms with Gasteiger partial charge in [-0.25, -0.2) is 0 Å². The lowest BCUT2D eigenvalue weighted by Gasteiger charge is -2.19. The molecule has 0 aromatic carbocycles. The molecule has 0 aliphatic rings. The average Bonchev–Trinajstić information content (AvgIpc) is 3.30. The molecule has 0 aliphatic heterocycles. The number of nitrogens with one attached hydrogen (secondary N) is 1. The van der Waals surface area contributed by atoms with Crippen molar-refractivity contribution in [2.45, 2.75) is 219 Å². The summed E-state index contributed by atoms with van der Waals surface area (Å²) in [5, 5.41) is 23.0. The third-order valence-electron chi connectivity index (χ3n) is 10.8. The van der Waals surface area contributed by atoms with Gasteiger partial charge in [0, 0.05) is 6.42 Å². The Labute approximate surface area is 395 Å². The van der Waals surface area contributed by atoms with E-state index in [-0.39, 0.29) is 12.5 Å². The first-order chi connectivity index (χ1) is 31.7. The standard InChI is InChI=1S/C60H97NO3/c1-3-5-7-9-11-13-15-17-19-21-22-23-24-25-26-27-28-29-30-31-32-33-34-35-36-37-38-40-42-44-46-48-50-52-54-56-60(64)61-58(57-62)59(63)55-53-51-49-47-45-43-41-39-20-18-16-14-12-10-8-6-4-2/h5,7,11,13,17,19,22-23,25-26,28-29,31-32,34-35,37-38,42,44-45,47,53,55,58-59,62-63H,3-4,6,8-10,12,14-16,18,20-21,24,27,30,33,36,39-41,43,46,48-52,54,56-57H2,1-2H3,(H,61,64)/b7-5-,13-11-,19-17-,23-22-,26-25-,29-28-,32-31-,35-34-,38-37-,44-42-,47-45+,55-53+. The largest absolute Gasteiger partial charge is 0.394 e. The molecule has 0 bridgehead atoms. The van der Waals surface area contributed by atoms with E-state index < -0.39 is 12.1 Å². The van der Waals surface area contributed by atoms with Gasteiger partial charge in [0.25, 0.3) is 0 Å². The molecule has 2 unspecified atom stereocenters. The lowest BCUT2D eigenvalue weighted by atomic mass is 10.1. The summed E-state index contributed by atoms with van der Waals surface area (Å²) in [6, 6.07) is -0.664. The van der Waals surface area contributed by atoms with Gasteiger partial charge >= 0.3 is 0 Å². The van der Waals surface area contributed by atoms with Crippen LogP contribution in [0.15, 0.2) is 146 Å². The predicted octanol–water partition coefficient (Wildman–Crippen LogP) is 17.2. The van der Waals surface area contributed by atoms with Crippen LogP contribution in [-0.2, 0) is 4.79 Å². The summed E-state index contributed by atoms with van der Waals surface area (Å²) in [6.45, 7) is 4.16. The van der Waals surface area contributed by atoms with Gasteiger partial charge < -0.3 is 15.5 Å². The first kappa shape index (κ1) is 60.3. The van der Waals surface area contributed by atoms with Crippen molar-refractivity contribution in [2.24, 2.45) is 0 Å². The Kier molecular flexibility index (Phi) is 50.5. The van der Waals surface area contributed by atoms with Crippen molar-refractivity contribution in [1.29, 1.82) is 0 Å². The molecular formula is C60H97NO3. The molecule has 0 saturated heterocycles. The van der Waals surface area contributed by atoms with Gasteiger partial charge in [0.05, 0.1) is 18.8 Å². The molecule has 4 heteroatoms. The van der Waals surface area contributed by atoms with Gasteiger partial charge in [0.1, 0.15) is 0 Å². The summed E-state index contributed by atoms with van der Waals surface area (Å²) in [6.07, 6.45) is 85.5. The third kappa shape index (κ3) is 49.3. The average molecular weight is 880 g/mol. The number of unbranched alkanes of at least 4 members (excludes halogenated alkanes) is 16. The molecule has 0 heterocycles. The van der Waals surface area contributed by atoms with Crippen molar-refractivity contribution in [3.8, 4) is 0 Å². The van der Waals surface area contributed by atoms with Crippen LogP contribution in [0, 0.1) is 0 Å². The molecule has 0 aliphatic carbocycles. The smallest absolute Gasteiger partial charge is 0.220 e. The Bertz CT molecular complexity index is 1370. The van der Waals surface area contributed by atoms with Crippen LogP contribution >= 0.6 is 0 Å². The second-order valence-corrected chi connectivity index (χ2v) is 16.8. The van der Waals surface area contributed by atoms with Crippen molar-refractivity contribution >= 4 is 5.91 Å². The molecular weight excluding hydrogens is 783 g/mol. The van der Waals surface area contributed by atoms with Crippen LogP contribution in [0.4, 0.5) is 0 Å². The highest BCUT2D eigenvalue weighted by Crippen LogP contribution is 2.13. The van der Waals surface area contributed by atoms with Crippen LogP contribution in [0.1, 0.15) is 206 Å². The number of carbonyl (C=O) groups excluding carboxylic acids is 1. The van der Waals surface area contributed by atoms with E-state index in [1.165, 1.54) is 70.6 Å². The Morgan fingerprint density at radius 1 is 0.391 bits per heavy atom. The Morgan fingerprint density at radius 3 is 1.09 bits per heavy atom. The number of amides is 1. The Morgan fingerprint density at radius 2 is 0.703 bits per heavy atom. The van der Waals surface area contributed by atoms with E-state index in [0.29, 0.717) is 6.42 Å². The minimum absolute atomic E-state index is 0.105. The van der Waals surface area contributed by atoms with E-state index in [4.69, 9.17) is 0 Å². The van der Waals surface area contributed by atoms with Crippen LogP contribution in [0.3, 0.4) is 0 Å². The van der Waals surface area contributed by atoms with Gasteiger partial charge in [-0.05, 0) is 109 Å². The SMILES string of the molecule is CC/C=C\C/C=C\C/C=C\C/C=C\C/C=C\C/C=C\C/C=C\C/C=C\C/C=C\C/C=C\CCCCCCC(=O)NC(CO)C(O)/C=C/CC/C=C/CCCCCCCCCCCCC. The van der Waals surface area contributed by atoms with Gasteiger partial charge in [0.15, 0.2) is 0 Å². The molecule has 1 amide bonds. The fourth-order valence-corrected chi connectivity index (χ4v) is 6.87. The maximum Gasteiger partial charge on any atom is 0.220 e. The number of rotatable bonds is 45. The summed E-state index contributed by atoms with van der Waals surface area (Å²) in [7, 11) is 0. The minimum atomic E-state index is -0.884. The van der Waals surface area contributed by atoms with Gasteiger partial charge in [0.2, 0.25) is 5.91 Å². The molecule has 3 N–H and O–H groups in total. The summed E-state index contributed by atoms with van der Waals surface area (Å²) < 4.78 is 0. The lowest BCUT2D eigenvalue weighted by molar-refractivity contribution is -0.123. The van der Waals surface area contributed by atoms with Crippen molar-refractivity contribution in [2.75, 3.05) is 6.61 Å². The number of hydrogen-bond acceptors (Lipinski definition) is 3. The quantitative estimate of drug-likeness (QED) is 0.0422. The second kappa shape index (κ2) is 53.6. The van der Waals surface area contributed by atoms with Crippen LogP contribution in [-0.4, -0.2) is 34.9 Å². The number of allylic oxidation sites excluding steroid dienone is 23. The van der Waals surface area contributed by atoms with E-state index in [1.807, 2.05) is 6.08 Å². The van der Waals surface area contributed by atoms with E-state index in [1.54, 1.807) is 6.08 Å². The zero-order valence-electron chi connectivity index (χ0n) is 41.2. The van der Waals surface area contributed by atoms with Crippen molar-refractivity contribution < 1.29 is 15.0 Å². The normalized spacial score (nSPS) is 14.1. The molecule has 4 nitrogen and oxygen atoms in total. The van der Waals surface area contributed by atoms with E-state index in [9.17, 15) is 15.0 Å². The summed E-state index contributed by atoms with van der Waals surface area (Å²) in [5.74, 6) is -0.105. The molecule has 0 rings (SSSR count). The fourth-order valence-electron chi connectivity index (χ4n) is 6.87. The van der Waals surface area contributed by atoms with Gasteiger partial charge in [-0.1, -0.05) is 237 Å². The zero-order valence-corrected chi connectivity index (χ0v) is 41.2. The lowest BCUT2D eigenvalue weighted by Crippen LogP contribution is -2.45. The van der Waals surface area contributed by atoms with E-state index >= 15 is 0 Å². The van der Waals surface area contributed by atoms with Crippen LogP contribution in [0.5, 0.6) is 0 Å². The number of aliphatic hydroxyl groups excluding tert-OH is 2. The van der Waals surface area contributed by atoms with Crippen LogP contribution < -0.4 is 5.32 Å². The molecule has 2 atom stereocenters. The maximum absolute atomic E-state index is 12.4. The minimum Gasteiger partial charge on any atom is -0.394 e. The highest BCUT2D eigenvalue weighted by atomic mass is 16.3. The molecule has 0 saturated carbocycles. The van der Waals surface area contributed by atoms with E-state index in [2.05, 4.69) is 153 Å². The first-order valence-corrected chi connectivity index (χ1v) is 26.0. The Balaban J connectivity index is 3.74. The molecule has 360 valence electrons. The van der Waals surface area contributed by atoms with Crippen molar-refractivity contribution in [3.63, 3.8) is 0 Å².